The highest BCUT2D eigenvalue weighted by molar-refractivity contribution is 6.32. The van der Waals surface area contributed by atoms with E-state index >= 15 is 0 Å². The molecule has 0 aliphatic rings. The average molecular weight is 311 g/mol. The van der Waals surface area contributed by atoms with Crippen LogP contribution in [0.3, 0.4) is 0 Å². The molecule has 7 nitrogen and oxygen atoms in total. The largest absolute Gasteiger partial charge is 0.376 e. The van der Waals surface area contributed by atoms with Crippen molar-refractivity contribution >= 4 is 17.3 Å². The van der Waals surface area contributed by atoms with E-state index in [1.54, 1.807) is 18.6 Å². The zero-order valence-electron chi connectivity index (χ0n) is 12.3. The molecule has 1 atom stereocenters. The highest BCUT2D eigenvalue weighted by Gasteiger charge is 2.13. The van der Waals surface area contributed by atoms with Crippen LogP contribution >= 0.6 is 11.6 Å². The number of rotatable bonds is 6. The van der Waals surface area contributed by atoms with E-state index in [1.807, 2.05) is 25.9 Å². The number of hydrogen-bond acceptors (Lipinski definition) is 5. The van der Waals surface area contributed by atoms with Gasteiger partial charge in [0, 0.05) is 18.3 Å². The lowest BCUT2D eigenvalue weighted by atomic mass is 10.2. The van der Waals surface area contributed by atoms with Crippen molar-refractivity contribution < 1.29 is 0 Å². The maximum atomic E-state index is 12.2. The number of nitrogens with one attached hydrogen (secondary N) is 2. The maximum absolute atomic E-state index is 12.2. The molecule has 0 fully saturated rings. The van der Waals surface area contributed by atoms with E-state index < -0.39 is 0 Å². The van der Waals surface area contributed by atoms with Gasteiger partial charge in [0.05, 0.1) is 30.7 Å². The Kier molecular flexibility index (Phi) is 4.98. The van der Waals surface area contributed by atoms with Crippen molar-refractivity contribution in [3.05, 3.63) is 39.5 Å². The molecule has 1 unspecified atom stereocenters. The maximum Gasteiger partial charge on any atom is 0.287 e. The molecule has 0 aromatic carbocycles. The number of likely N-dealkylation sites (N-methyl/N-ethyl adjacent to an activating group) is 1. The topological polar surface area (TPSA) is 78.8 Å². The molecule has 0 saturated heterocycles. The van der Waals surface area contributed by atoms with Crippen molar-refractivity contribution in [3.63, 3.8) is 0 Å². The summed E-state index contributed by atoms with van der Waals surface area (Å²) < 4.78 is 1.37. The Morgan fingerprint density at radius 2 is 2.24 bits per heavy atom. The van der Waals surface area contributed by atoms with Gasteiger partial charge < -0.3 is 10.2 Å². The van der Waals surface area contributed by atoms with Crippen LogP contribution in [-0.4, -0.2) is 45.5 Å². The van der Waals surface area contributed by atoms with Crippen LogP contribution < -0.4 is 10.9 Å². The third-order valence-corrected chi connectivity index (χ3v) is 3.50. The summed E-state index contributed by atoms with van der Waals surface area (Å²) in [6, 6.07) is -0.0277. The van der Waals surface area contributed by atoms with Gasteiger partial charge in [-0.25, -0.2) is 4.68 Å². The lowest BCUT2D eigenvalue weighted by molar-refractivity contribution is 0.367. The first-order chi connectivity index (χ1) is 9.99. The number of halogens is 1. The summed E-state index contributed by atoms with van der Waals surface area (Å²) in [6.07, 6.45) is 5.09. The van der Waals surface area contributed by atoms with Gasteiger partial charge in [-0.05, 0) is 21.0 Å². The Balaban J connectivity index is 2.15. The van der Waals surface area contributed by atoms with Crippen LogP contribution in [0.1, 0.15) is 18.5 Å². The third kappa shape index (κ3) is 3.83. The van der Waals surface area contributed by atoms with Crippen molar-refractivity contribution in [3.8, 4) is 0 Å². The Labute approximate surface area is 127 Å². The van der Waals surface area contributed by atoms with Gasteiger partial charge in [-0.2, -0.15) is 10.2 Å². The number of hydrogen-bond donors (Lipinski definition) is 2. The molecule has 2 heterocycles. The van der Waals surface area contributed by atoms with E-state index in [9.17, 15) is 4.79 Å². The lowest BCUT2D eigenvalue weighted by Crippen LogP contribution is -2.29. The molecular formula is C13H19ClN6O. The number of aromatic amines is 1. The second-order valence-corrected chi connectivity index (χ2v) is 5.48. The molecule has 2 aromatic rings. The second-order valence-electron chi connectivity index (χ2n) is 5.10. The van der Waals surface area contributed by atoms with Crippen LogP contribution in [0.15, 0.2) is 23.4 Å². The molecule has 114 valence electrons. The van der Waals surface area contributed by atoms with Crippen molar-refractivity contribution in [1.82, 2.24) is 24.9 Å². The Hall–Kier alpha value is -1.86. The summed E-state index contributed by atoms with van der Waals surface area (Å²) in [5, 5.41) is 14.1. The fraction of sp³-hybridized carbons (Fsp3) is 0.462. The van der Waals surface area contributed by atoms with Gasteiger partial charge in [0.25, 0.3) is 5.56 Å². The smallest absolute Gasteiger partial charge is 0.287 e. The van der Waals surface area contributed by atoms with E-state index in [1.165, 1.54) is 4.68 Å². The highest BCUT2D eigenvalue weighted by atomic mass is 35.5. The Bertz CT molecular complexity index is 637. The molecule has 2 aromatic heterocycles. The van der Waals surface area contributed by atoms with E-state index in [2.05, 4.69) is 20.6 Å². The van der Waals surface area contributed by atoms with Crippen LogP contribution in [0.25, 0.3) is 0 Å². The first-order valence-electron chi connectivity index (χ1n) is 6.64. The van der Waals surface area contributed by atoms with Crippen molar-refractivity contribution in [2.45, 2.75) is 19.5 Å². The first-order valence-corrected chi connectivity index (χ1v) is 7.02. The lowest BCUT2D eigenvalue weighted by Gasteiger charge is -2.16. The number of H-pyrrole nitrogens is 1. The van der Waals surface area contributed by atoms with E-state index in [4.69, 9.17) is 11.6 Å². The molecule has 0 aliphatic heterocycles. The predicted octanol–water partition coefficient (Wildman–Crippen LogP) is 1.35. The van der Waals surface area contributed by atoms with Gasteiger partial charge in [-0.15, -0.1) is 0 Å². The van der Waals surface area contributed by atoms with Gasteiger partial charge in [0.1, 0.15) is 5.02 Å². The minimum Gasteiger partial charge on any atom is -0.376 e. The summed E-state index contributed by atoms with van der Waals surface area (Å²) in [7, 11) is 3.88. The minimum atomic E-state index is -0.289. The van der Waals surface area contributed by atoms with Crippen LogP contribution in [0.5, 0.6) is 0 Å². The molecule has 0 aliphatic carbocycles. The van der Waals surface area contributed by atoms with E-state index in [0.717, 1.165) is 12.1 Å². The molecule has 0 amide bonds. The normalized spacial score (nSPS) is 12.6. The van der Waals surface area contributed by atoms with Gasteiger partial charge in [-0.3, -0.25) is 9.89 Å². The van der Waals surface area contributed by atoms with Gasteiger partial charge >= 0.3 is 0 Å². The van der Waals surface area contributed by atoms with Gasteiger partial charge in [-0.1, -0.05) is 11.6 Å². The average Bonchev–Trinajstić information content (AvgIpc) is 2.97. The summed E-state index contributed by atoms with van der Waals surface area (Å²) in [6.45, 7) is 3.18. The van der Waals surface area contributed by atoms with Crippen LogP contribution in [0.2, 0.25) is 5.02 Å². The van der Waals surface area contributed by atoms with Crippen LogP contribution in [-0.2, 0) is 6.54 Å². The molecule has 21 heavy (non-hydrogen) atoms. The number of nitrogens with zero attached hydrogens (tertiary/aromatic N) is 4. The molecule has 0 spiro atoms. The second kappa shape index (κ2) is 6.73. The molecule has 8 heteroatoms. The Morgan fingerprint density at radius 1 is 1.48 bits per heavy atom. The predicted molar refractivity (Wildman–Crippen MR) is 82.7 cm³/mol. The van der Waals surface area contributed by atoms with Crippen molar-refractivity contribution in [2.75, 3.05) is 26.0 Å². The highest BCUT2D eigenvalue weighted by Crippen LogP contribution is 2.21. The van der Waals surface area contributed by atoms with Crippen molar-refractivity contribution in [1.29, 1.82) is 0 Å². The van der Waals surface area contributed by atoms with Crippen LogP contribution in [0, 0.1) is 0 Å². The summed E-state index contributed by atoms with van der Waals surface area (Å²) in [5.74, 6) is 0. The molecule has 0 bridgehead atoms. The third-order valence-electron chi connectivity index (χ3n) is 3.14. The summed E-state index contributed by atoms with van der Waals surface area (Å²) in [4.78, 5) is 14.1. The van der Waals surface area contributed by atoms with Gasteiger partial charge in [0.2, 0.25) is 0 Å². The monoisotopic (exact) mass is 310 g/mol. The molecule has 2 N–H and O–H groups in total. The molecule has 0 radical (unpaired) electrons. The Morgan fingerprint density at radius 3 is 2.86 bits per heavy atom. The quantitative estimate of drug-likeness (QED) is 0.842. The zero-order valence-corrected chi connectivity index (χ0v) is 13.1. The standard InChI is InChI=1S/C13H19ClN6O/c1-9(10-6-15-16-7-10)18-11-8-17-20(5-4-19(2)3)13(21)12(11)14/h6-9,18H,4-5H2,1-3H3,(H,15,16). The summed E-state index contributed by atoms with van der Waals surface area (Å²) in [5.41, 5.74) is 1.21. The number of aromatic nitrogens is 4. The van der Waals surface area contributed by atoms with Crippen molar-refractivity contribution in [2.24, 2.45) is 0 Å². The summed E-state index contributed by atoms with van der Waals surface area (Å²) >= 11 is 6.15. The number of anilines is 1. The van der Waals surface area contributed by atoms with E-state index in [0.29, 0.717) is 12.2 Å². The molecule has 0 saturated carbocycles. The molecular weight excluding hydrogens is 292 g/mol. The molecule has 2 rings (SSSR count). The first kappa shape index (κ1) is 15.5. The SMILES string of the molecule is CC(Nc1cnn(CCN(C)C)c(=O)c1Cl)c1cn[nH]c1. The van der Waals surface area contributed by atoms with E-state index in [-0.39, 0.29) is 16.6 Å². The fourth-order valence-electron chi connectivity index (χ4n) is 1.83. The fourth-order valence-corrected chi connectivity index (χ4v) is 2.03. The minimum absolute atomic E-state index is 0.0277. The van der Waals surface area contributed by atoms with Crippen LogP contribution in [0.4, 0.5) is 5.69 Å². The zero-order chi connectivity index (χ0) is 15.4. The van der Waals surface area contributed by atoms with Gasteiger partial charge in [0.15, 0.2) is 0 Å².